The summed E-state index contributed by atoms with van der Waals surface area (Å²) in [6.07, 6.45) is 15.2. The summed E-state index contributed by atoms with van der Waals surface area (Å²) in [5.41, 5.74) is 3.76. The maximum Gasteiger partial charge on any atom is 0.183 e. The van der Waals surface area contributed by atoms with E-state index in [2.05, 4.69) is 19.9 Å². The maximum atomic E-state index is 15.2. The van der Waals surface area contributed by atoms with E-state index in [-0.39, 0.29) is 12.1 Å². The zero-order valence-electron chi connectivity index (χ0n) is 21.9. The molecule has 2 nitrogen and oxygen atoms in total. The molecule has 1 aliphatic heterocycles. The lowest BCUT2D eigenvalue weighted by atomic mass is 9.77. The van der Waals surface area contributed by atoms with Gasteiger partial charge < -0.3 is 9.47 Å². The van der Waals surface area contributed by atoms with Gasteiger partial charge in [-0.05, 0) is 61.1 Å². The number of benzene rings is 2. The van der Waals surface area contributed by atoms with Gasteiger partial charge in [0.1, 0.15) is 5.82 Å². The van der Waals surface area contributed by atoms with Crippen molar-refractivity contribution in [3.8, 4) is 11.1 Å². The van der Waals surface area contributed by atoms with Crippen molar-refractivity contribution in [2.45, 2.75) is 103 Å². The topological polar surface area (TPSA) is 18.5 Å². The van der Waals surface area contributed by atoms with Crippen molar-refractivity contribution in [3.63, 3.8) is 0 Å². The van der Waals surface area contributed by atoms with Gasteiger partial charge in [0.2, 0.25) is 0 Å². The van der Waals surface area contributed by atoms with Crippen LogP contribution < -0.4 is 0 Å². The van der Waals surface area contributed by atoms with Gasteiger partial charge in [0, 0.05) is 17.0 Å². The molecular weight excluding hydrogens is 435 g/mol. The second-order valence-electron chi connectivity index (χ2n) is 10.9. The molecule has 1 saturated heterocycles. The Bertz CT molecular complexity index is 877. The van der Waals surface area contributed by atoms with Crippen LogP contribution in [0.5, 0.6) is 0 Å². The monoisotopic (exact) mass is 480 g/mol. The van der Waals surface area contributed by atoms with Crippen LogP contribution in [0.4, 0.5) is 4.39 Å². The molecule has 1 aliphatic carbocycles. The molecule has 1 heterocycles. The molecule has 0 spiro atoms. The molecule has 0 radical (unpaired) electrons. The van der Waals surface area contributed by atoms with Gasteiger partial charge in [-0.25, -0.2) is 4.39 Å². The molecule has 35 heavy (non-hydrogen) atoms. The van der Waals surface area contributed by atoms with Gasteiger partial charge in [-0.2, -0.15) is 0 Å². The van der Waals surface area contributed by atoms with E-state index in [1.807, 2.05) is 30.3 Å². The van der Waals surface area contributed by atoms with Crippen LogP contribution in [-0.4, -0.2) is 13.2 Å². The van der Waals surface area contributed by atoms with E-state index in [1.54, 1.807) is 6.07 Å². The molecule has 0 bridgehead atoms. The van der Waals surface area contributed by atoms with E-state index in [4.69, 9.17) is 9.47 Å². The molecule has 1 saturated carbocycles. The Morgan fingerprint density at radius 1 is 0.714 bits per heavy atom. The SMILES string of the molecule is CCCCCCC[C@H]1CC[C@H](c2ccc(-c3ccc(C4OCC(CCC)CO4)cc3)c(F)c2)CC1. The van der Waals surface area contributed by atoms with Gasteiger partial charge >= 0.3 is 0 Å². The molecule has 0 aromatic heterocycles. The summed E-state index contributed by atoms with van der Waals surface area (Å²) in [5.74, 6) is 1.77. The zero-order valence-corrected chi connectivity index (χ0v) is 21.9. The first kappa shape index (κ1) is 26.4. The van der Waals surface area contributed by atoms with Crippen molar-refractivity contribution in [3.05, 3.63) is 59.4 Å². The number of ether oxygens (including phenoxy) is 2. The second kappa shape index (κ2) is 13.6. The lowest BCUT2D eigenvalue weighted by Crippen LogP contribution is -2.26. The molecule has 2 aromatic rings. The smallest absolute Gasteiger partial charge is 0.183 e. The number of hydrogen-bond donors (Lipinski definition) is 0. The van der Waals surface area contributed by atoms with Crippen LogP contribution in [0, 0.1) is 17.7 Å². The van der Waals surface area contributed by atoms with E-state index in [0.717, 1.165) is 43.1 Å². The van der Waals surface area contributed by atoms with E-state index in [9.17, 15) is 0 Å². The maximum absolute atomic E-state index is 15.2. The summed E-state index contributed by atoms with van der Waals surface area (Å²) in [5, 5.41) is 0. The molecule has 0 unspecified atom stereocenters. The summed E-state index contributed by atoms with van der Waals surface area (Å²) in [7, 11) is 0. The highest BCUT2D eigenvalue weighted by Gasteiger charge is 2.24. The van der Waals surface area contributed by atoms with Gasteiger partial charge in [0.15, 0.2) is 6.29 Å². The van der Waals surface area contributed by atoms with Gasteiger partial charge in [0.05, 0.1) is 13.2 Å². The molecule has 0 N–H and O–H groups in total. The Kier molecular flexibility index (Phi) is 10.2. The minimum Gasteiger partial charge on any atom is -0.348 e. The zero-order chi connectivity index (χ0) is 24.5. The molecule has 0 atom stereocenters. The molecule has 4 rings (SSSR count). The molecule has 2 fully saturated rings. The number of unbranched alkanes of at least 4 members (excludes halogenated alkanes) is 4. The normalized spacial score (nSPS) is 25.0. The largest absolute Gasteiger partial charge is 0.348 e. The quantitative estimate of drug-likeness (QED) is 0.298. The predicted molar refractivity (Wildman–Crippen MR) is 143 cm³/mol. The minimum atomic E-state index is -0.309. The van der Waals surface area contributed by atoms with E-state index in [0.29, 0.717) is 17.4 Å². The minimum absolute atomic E-state index is 0.110. The third-order valence-electron chi connectivity index (χ3n) is 8.18. The van der Waals surface area contributed by atoms with Crippen molar-refractivity contribution in [2.75, 3.05) is 13.2 Å². The molecule has 3 heteroatoms. The van der Waals surface area contributed by atoms with Crippen molar-refractivity contribution >= 4 is 0 Å². The molecule has 2 aromatic carbocycles. The first-order chi connectivity index (χ1) is 17.2. The third kappa shape index (κ3) is 7.40. The first-order valence-corrected chi connectivity index (χ1v) is 14.3. The highest BCUT2D eigenvalue weighted by Crippen LogP contribution is 2.39. The lowest BCUT2D eigenvalue weighted by Gasteiger charge is -2.29. The molecular formula is C32H45FO2. The number of rotatable bonds is 11. The van der Waals surface area contributed by atoms with Crippen LogP contribution >= 0.6 is 0 Å². The van der Waals surface area contributed by atoms with Crippen molar-refractivity contribution in [2.24, 2.45) is 11.8 Å². The summed E-state index contributed by atoms with van der Waals surface area (Å²) in [6, 6.07) is 13.9. The van der Waals surface area contributed by atoms with E-state index >= 15 is 4.39 Å². The average Bonchev–Trinajstić information content (AvgIpc) is 2.90. The molecule has 0 amide bonds. The van der Waals surface area contributed by atoms with E-state index in [1.165, 1.54) is 69.8 Å². The highest BCUT2D eigenvalue weighted by atomic mass is 19.1. The van der Waals surface area contributed by atoms with Crippen LogP contribution in [0.15, 0.2) is 42.5 Å². The van der Waals surface area contributed by atoms with Crippen molar-refractivity contribution in [1.82, 2.24) is 0 Å². The summed E-state index contributed by atoms with van der Waals surface area (Å²) in [6.45, 7) is 5.96. The van der Waals surface area contributed by atoms with E-state index < -0.39 is 0 Å². The predicted octanol–water partition coefficient (Wildman–Crippen LogP) is 9.59. The van der Waals surface area contributed by atoms with Gasteiger partial charge in [-0.3, -0.25) is 0 Å². The molecule has 192 valence electrons. The van der Waals surface area contributed by atoms with Crippen LogP contribution in [0.3, 0.4) is 0 Å². The number of halogens is 1. The Hall–Kier alpha value is -1.71. The Balaban J connectivity index is 1.28. The first-order valence-electron chi connectivity index (χ1n) is 14.3. The van der Waals surface area contributed by atoms with Crippen LogP contribution in [-0.2, 0) is 9.47 Å². The second-order valence-corrected chi connectivity index (χ2v) is 10.9. The van der Waals surface area contributed by atoms with Gasteiger partial charge in [-0.1, -0.05) is 95.2 Å². The van der Waals surface area contributed by atoms with Crippen LogP contribution in [0.1, 0.15) is 114 Å². The molecule has 2 aliphatic rings. The fraction of sp³-hybridized carbons (Fsp3) is 0.625. The Morgan fingerprint density at radius 3 is 2.06 bits per heavy atom. The fourth-order valence-electron chi connectivity index (χ4n) is 5.97. The van der Waals surface area contributed by atoms with Crippen LogP contribution in [0.25, 0.3) is 11.1 Å². The standard InChI is InChI=1S/C32H45FO2/c1-3-5-6-7-8-10-24-11-13-26(14-12-24)29-19-20-30(31(33)21-29)27-15-17-28(18-16-27)32-34-22-25(9-4-2)23-35-32/h15-21,24-26,32H,3-14,22-23H2,1-2H3/t24-,25?,26-,32?. The van der Waals surface area contributed by atoms with Gasteiger partial charge in [0.25, 0.3) is 0 Å². The summed E-state index contributed by atoms with van der Waals surface area (Å²) >= 11 is 0. The van der Waals surface area contributed by atoms with Crippen molar-refractivity contribution < 1.29 is 13.9 Å². The lowest BCUT2D eigenvalue weighted by molar-refractivity contribution is -0.206. The number of hydrogen-bond acceptors (Lipinski definition) is 2. The van der Waals surface area contributed by atoms with Crippen molar-refractivity contribution in [1.29, 1.82) is 0 Å². The summed E-state index contributed by atoms with van der Waals surface area (Å²) in [4.78, 5) is 0. The Labute approximate surface area is 212 Å². The fourth-order valence-corrected chi connectivity index (χ4v) is 5.97. The van der Waals surface area contributed by atoms with Gasteiger partial charge in [-0.15, -0.1) is 0 Å². The van der Waals surface area contributed by atoms with Crippen LogP contribution in [0.2, 0.25) is 0 Å². The summed E-state index contributed by atoms with van der Waals surface area (Å²) < 4.78 is 27.0. The average molecular weight is 481 g/mol. The third-order valence-corrected chi connectivity index (χ3v) is 8.18. The highest BCUT2D eigenvalue weighted by molar-refractivity contribution is 5.65. The Morgan fingerprint density at radius 2 is 1.40 bits per heavy atom.